The van der Waals surface area contributed by atoms with Crippen LogP contribution in [0.3, 0.4) is 0 Å². The molecule has 3 aromatic rings. The van der Waals surface area contributed by atoms with Crippen LogP contribution in [0.15, 0.2) is 59.2 Å². The zero-order valence-corrected chi connectivity index (χ0v) is 13.5. The highest BCUT2D eigenvalue weighted by Crippen LogP contribution is 2.29. The number of carbonyl (C=O) groups is 1. The fourth-order valence-corrected chi connectivity index (χ4v) is 2.60. The van der Waals surface area contributed by atoms with Crippen LogP contribution in [0.25, 0.3) is 17.1 Å². The zero-order valence-electron chi connectivity index (χ0n) is 11.2. The predicted octanol–water partition coefficient (Wildman–Crippen LogP) is 4.65. The number of nitrogens with zero attached hydrogens (tertiary/aromatic N) is 2. The van der Waals surface area contributed by atoms with Crippen molar-refractivity contribution in [2.45, 2.75) is 0 Å². The Kier molecular flexibility index (Phi) is 4.00. The number of hydrogen-bond acceptors (Lipinski definition) is 2. The quantitative estimate of drug-likeness (QED) is 0.722. The highest BCUT2D eigenvalue weighted by atomic mass is 79.9. The molecule has 0 amide bonds. The van der Waals surface area contributed by atoms with Crippen LogP contribution in [0.4, 0.5) is 0 Å². The molecule has 0 saturated carbocycles. The molecule has 0 fully saturated rings. The number of halogens is 2. The maximum Gasteiger partial charge on any atom is 0.356 e. The molecule has 3 rings (SSSR count). The van der Waals surface area contributed by atoms with Gasteiger partial charge in [0.1, 0.15) is 5.82 Å². The highest BCUT2D eigenvalue weighted by Gasteiger charge is 2.17. The third-order valence-electron chi connectivity index (χ3n) is 3.14. The third kappa shape index (κ3) is 2.77. The average molecular weight is 378 g/mol. The first-order valence-electron chi connectivity index (χ1n) is 6.40. The van der Waals surface area contributed by atoms with E-state index in [0.29, 0.717) is 16.4 Å². The smallest absolute Gasteiger partial charge is 0.356 e. The molecule has 0 aliphatic carbocycles. The lowest BCUT2D eigenvalue weighted by Crippen LogP contribution is -1.96. The van der Waals surface area contributed by atoms with Gasteiger partial charge in [-0.2, -0.15) is 0 Å². The minimum absolute atomic E-state index is 0.0298. The molecular formula is C16H10BrClN2O2. The molecule has 0 aliphatic rings. The van der Waals surface area contributed by atoms with Gasteiger partial charge in [0.25, 0.3) is 0 Å². The van der Waals surface area contributed by atoms with E-state index in [1.165, 1.54) is 6.20 Å². The Labute approximate surface area is 140 Å². The molecule has 0 bridgehead atoms. The van der Waals surface area contributed by atoms with Crippen molar-refractivity contribution in [1.82, 2.24) is 9.55 Å². The second kappa shape index (κ2) is 5.94. The number of hydrogen-bond donors (Lipinski definition) is 1. The van der Waals surface area contributed by atoms with Crippen molar-refractivity contribution >= 4 is 33.5 Å². The maximum absolute atomic E-state index is 11.3. The topological polar surface area (TPSA) is 55.1 Å². The summed E-state index contributed by atoms with van der Waals surface area (Å²) in [5, 5.41) is 9.73. The van der Waals surface area contributed by atoms with Gasteiger partial charge < -0.3 is 5.11 Å². The van der Waals surface area contributed by atoms with E-state index in [0.717, 1.165) is 10.2 Å². The summed E-state index contributed by atoms with van der Waals surface area (Å²) in [5.74, 6) is -0.588. The van der Waals surface area contributed by atoms with E-state index in [-0.39, 0.29) is 5.69 Å². The standard InChI is InChI=1S/C16H10BrClN2O2/c17-10-5-7-11(8-6-10)20-9-14(16(21)22)19-15(20)12-3-1-2-4-13(12)18/h1-9H,(H,21,22). The summed E-state index contributed by atoms with van der Waals surface area (Å²) in [5.41, 5.74) is 1.45. The molecule has 0 spiro atoms. The fourth-order valence-electron chi connectivity index (χ4n) is 2.11. The predicted molar refractivity (Wildman–Crippen MR) is 88.7 cm³/mol. The van der Waals surface area contributed by atoms with E-state index in [1.807, 2.05) is 42.5 Å². The maximum atomic E-state index is 11.3. The van der Waals surface area contributed by atoms with Gasteiger partial charge in [-0.1, -0.05) is 39.7 Å². The second-order valence-corrected chi connectivity index (χ2v) is 5.90. The van der Waals surface area contributed by atoms with Gasteiger partial charge in [0.15, 0.2) is 5.69 Å². The van der Waals surface area contributed by atoms with E-state index in [9.17, 15) is 9.90 Å². The Morgan fingerprint density at radius 2 is 1.82 bits per heavy atom. The average Bonchev–Trinajstić information content (AvgIpc) is 2.94. The summed E-state index contributed by atoms with van der Waals surface area (Å²) in [7, 11) is 0. The molecule has 1 N–H and O–H groups in total. The van der Waals surface area contributed by atoms with Crippen molar-refractivity contribution < 1.29 is 9.90 Å². The molecule has 0 unspecified atom stereocenters. The lowest BCUT2D eigenvalue weighted by atomic mass is 10.2. The number of aromatic carboxylic acids is 1. The van der Waals surface area contributed by atoms with Gasteiger partial charge in [-0.25, -0.2) is 9.78 Å². The van der Waals surface area contributed by atoms with Gasteiger partial charge >= 0.3 is 5.97 Å². The van der Waals surface area contributed by atoms with Crippen LogP contribution >= 0.6 is 27.5 Å². The lowest BCUT2D eigenvalue weighted by molar-refractivity contribution is 0.0691. The van der Waals surface area contributed by atoms with Crippen molar-refractivity contribution in [3.63, 3.8) is 0 Å². The molecule has 1 heterocycles. The van der Waals surface area contributed by atoms with Crippen LogP contribution in [-0.4, -0.2) is 20.6 Å². The minimum Gasteiger partial charge on any atom is -0.476 e. The summed E-state index contributed by atoms with van der Waals surface area (Å²) in [6.45, 7) is 0. The van der Waals surface area contributed by atoms with Gasteiger partial charge in [0, 0.05) is 21.9 Å². The van der Waals surface area contributed by atoms with E-state index in [1.54, 1.807) is 10.6 Å². The molecule has 2 aromatic carbocycles. The normalized spacial score (nSPS) is 10.6. The van der Waals surface area contributed by atoms with Crippen LogP contribution in [-0.2, 0) is 0 Å². The SMILES string of the molecule is O=C(O)c1cn(-c2ccc(Br)cc2)c(-c2ccccc2Cl)n1. The summed E-state index contributed by atoms with van der Waals surface area (Å²) < 4.78 is 2.66. The van der Waals surface area contributed by atoms with Crippen LogP contribution < -0.4 is 0 Å². The molecule has 0 saturated heterocycles. The Hall–Kier alpha value is -2.11. The Bertz CT molecular complexity index is 844. The van der Waals surface area contributed by atoms with Crippen molar-refractivity contribution in [2.24, 2.45) is 0 Å². The van der Waals surface area contributed by atoms with Crippen molar-refractivity contribution in [3.05, 3.63) is 69.9 Å². The largest absolute Gasteiger partial charge is 0.476 e. The van der Waals surface area contributed by atoms with Gasteiger partial charge in [0.2, 0.25) is 0 Å². The van der Waals surface area contributed by atoms with Gasteiger partial charge in [0.05, 0.1) is 5.02 Å². The van der Waals surface area contributed by atoms with Crippen molar-refractivity contribution in [3.8, 4) is 17.1 Å². The number of imidazole rings is 1. The molecule has 1 aromatic heterocycles. The first-order chi connectivity index (χ1) is 10.6. The number of aromatic nitrogens is 2. The van der Waals surface area contributed by atoms with E-state index in [2.05, 4.69) is 20.9 Å². The van der Waals surface area contributed by atoms with Gasteiger partial charge in [-0.3, -0.25) is 4.57 Å². The first kappa shape index (κ1) is 14.8. The summed E-state index contributed by atoms with van der Waals surface area (Å²) in [6.07, 6.45) is 1.49. The summed E-state index contributed by atoms with van der Waals surface area (Å²) in [6, 6.07) is 14.7. The van der Waals surface area contributed by atoms with Crippen LogP contribution in [0, 0.1) is 0 Å². The monoisotopic (exact) mass is 376 g/mol. The van der Waals surface area contributed by atoms with Gasteiger partial charge in [-0.05, 0) is 36.4 Å². The molecule has 0 atom stereocenters. The molecule has 0 aliphatic heterocycles. The molecule has 22 heavy (non-hydrogen) atoms. The Morgan fingerprint density at radius 1 is 1.14 bits per heavy atom. The number of carboxylic acid groups (broad SMARTS) is 1. The first-order valence-corrected chi connectivity index (χ1v) is 7.57. The molecule has 4 nitrogen and oxygen atoms in total. The molecular weight excluding hydrogens is 368 g/mol. The highest BCUT2D eigenvalue weighted by molar-refractivity contribution is 9.10. The van der Waals surface area contributed by atoms with Crippen molar-refractivity contribution in [1.29, 1.82) is 0 Å². The van der Waals surface area contributed by atoms with Crippen LogP contribution in [0.2, 0.25) is 5.02 Å². The Balaban J connectivity index is 2.23. The summed E-state index contributed by atoms with van der Waals surface area (Å²) in [4.78, 5) is 15.5. The fraction of sp³-hybridized carbons (Fsp3) is 0. The van der Waals surface area contributed by atoms with E-state index in [4.69, 9.17) is 11.6 Å². The van der Waals surface area contributed by atoms with Gasteiger partial charge in [-0.15, -0.1) is 0 Å². The molecule has 6 heteroatoms. The number of benzene rings is 2. The Morgan fingerprint density at radius 3 is 2.45 bits per heavy atom. The lowest BCUT2D eigenvalue weighted by Gasteiger charge is -2.09. The number of rotatable bonds is 3. The van der Waals surface area contributed by atoms with Crippen LogP contribution in [0.1, 0.15) is 10.5 Å². The van der Waals surface area contributed by atoms with E-state index >= 15 is 0 Å². The third-order valence-corrected chi connectivity index (χ3v) is 4.00. The minimum atomic E-state index is -1.08. The number of carboxylic acids is 1. The molecule has 110 valence electrons. The van der Waals surface area contributed by atoms with Crippen LogP contribution in [0.5, 0.6) is 0 Å². The molecule has 0 radical (unpaired) electrons. The van der Waals surface area contributed by atoms with Crippen molar-refractivity contribution in [2.75, 3.05) is 0 Å². The zero-order chi connectivity index (χ0) is 15.7. The summed E-state index contributed by atoms with van der Waals surface area (Å²) >= 11 is 9.61. The second-order valence-electron chi connectivity index (χ2n) is 4.58. The van der Waals surface area contributed by atoms with E-state index < -0.39 is 5.97 Å².